The molecule has 0 radical (unpaired) electrons. The van der Waals surface area contributed by atoms with Crippen LogP contribution in [0.3, 0.4) is 0 Å². The Labute approximate surface area is 131 Å². The fourth-order valence-electron chi connectivity index (χ4n) is 2.58. The van der Waals surface area contributed by atoms with Crippen LogP contribution in [0.5, 0.6) is 0 Å². The van der Waals surface area contributed by atoms with Crippen LogP contribution in [-0.2, 0) is 6.42 Å². The van der Waals surface area contributed by atoms with E-state index in [2.05, 4.69) is 10.3 Å². The van der Waals surface area contributed by atoms with Crippen LogP contribution in [0.1, 0.15) is 31.1 Å². The van der Waals surface area contributed by atoms with Crippen molar-refractivity contribution >= 4 is 28.6 Å². The lowest BCUT2D eigenvalue weighted by Crippen LogP contribution is -2.26. The topological polar surface area (TPSA) is 84.2 Å². The number of hydrogen-bond acceptors (Lipinski definition) is 3. The molecule has 1 heterocycles. The summed E-state index contributed by atoms with van der Waals surface area (Å²) < 4.78 is 1.73. The second-order valence-corrected chi connectivity index (χ2v) is 5.81. The van der Waals surface area contributed by atoms with Crippen LogP contribution >= 0.6 is 11.6 Å². The van der Waals surface area contributed by atoms with Gasteiger partial charge in [0, 0.05) is 19.0 Å². The number of amides is 1. The van der Waals surface area contributed by atoms with E-state index in [0.717, 1.165) is 12.8 Å². The summed E-state index contributed by atoms with van der Waals surface area (Å²) in [6, 6.07) is 5.44. The van der Waals surface area contributed by atoms with Gasteiger partial charge in [-0.15, -0.1) is 0 Å². The minimum atomic E-state index is -1.04. The van der Waals surface area contributed by atoms with Gasteiger partial charge in [0.05, 0.1) is 15.9 Å². The standard InChI is InChI=1S/C15H16ClN3O3/c16-10-3-1-4-11-13(10)14(20)19(9-6-7-9)12(18-11)5-2-8-17-15(21)22/h1,3-4,9,17H,2,5-8H2,(H,21,22). The Morgan fingerprint density at radius 3 is 2.91 bits per heavy atom. The zero-order valence-electron chi connectivity index (χ0n) is 11.9. The Morgan fingerprint density at radius 1 is 1.45 bits per heavy atom. The SMILES string of the molecule is O=C(O)NCCCc1nc2cccc(Cl)c2c(=O)n1C1CC1. The van der Waals surface area contributed by atoms with E-state index >= 15 is 0 Å². The number of halogens is 1. The summed E-state index contributed by atoms with van der Waals surface area (Å²) in [4.78, 5) is 27.8. The van der Waals surface area contributed by atoms with Crippen molar-refractivity contribution in [1.82, 2.24) is 14.9 Å². The Morgan fingerprint density at radius 2 is 2.23 bits per heavy atom. The molecule has 0 aliphatic heterocycles. The molecule has 0 spiro atoms. The van der Waals surface area contributed by atoms with Gasteiger partial charge in [0.15, 0.2) is 0 Å². The average Bonchev–Trinajstić information content (AvgIpc) is 3.28. The van der Waals surface area contributed by atoms with Crippen molar-refractivity contribution in [3.05, 3.63) is 39.4 Å². The third kappa shape index (κ3) is 2.92. The molecule has 3 rings (SSSR count). The van der Waals surface area contributed by atoms with Crippen LogP contribution in [0.4, 0.5) is 4.79 Å². The fraction of sp³-hybridized carbons (Fsp3) is 0.400. The van der Waals surface area contributed by atoms with Gasteiger partial charge < -0.3 is 10.4 Å². The monoisotopic (exact) mass is 321 g/mol. The Bertz CT molecular complexity index is 783. The van der Waals surface area contributed by atoms with Gasteiger partial charge >= 0.3 is 6.09 Å². The van der Waals surface area contributed by atoms with Gasteiger partial charge in [-0.25, -0.2) is 9.78 Å². The summed E-state index contributed by atoms with van der Waals surface area (Å²) in [5.74, 6) is 0.703. The third-order valence-corrected chi connectivity index (χ3v) is 4.03. The molecule has 1 fully saturated rings. The van der Waals surface area contributed by atoms with Gasteiger partial charge in [-0.1, -0.05) is 17.7 Å². The molecule has 1 aromatic carbocycles. The Balaban J connectivity index is 1.96. The summed E-state index contributed by atoms with van der Waals surface area (Å²) in [6.07, 6.45) is 2.04. The van der Waals surface area contributed by atoms with Gasteiger partial charge in [-0.2, -0.15) is 0 Å². The van der Waals surface area contributed by atoms with E-state index in [4.69, 9.17) is 16.7 Å². The summed E-state index contributed by atoms with van der Waals surface area (Å²) in [7, 11) is 0. The number of benzene rings is 1. The molecule has 0 unspecified atom stereocenters. The van der Waals surface area contributed by atoms with Crippen molar-refractivity contribution in [1.29, 1.82) is 0 Å². The van der Waals surface area contributed by atoms with Crippen LogP contribution in [0.15, 0.2) is 23.0 Å². The minimum Gasteiger partial charge on any atom is -0.465 e. The summed E-state index contributed by atoms with van der Waals surface area (Å²) in [5, 5.41) is 11.8. The molecule has 1 aliphatic carbocycles. The zero-order chi connectivity index (χ0) is 15.7. The first-order valence-corrected chi connectivity index (χ1v) is 7.62. The molecule has 2 aromatic rings. The van der Waals surface area contributed by atoms with Crippen molar-refractivity contribution in [2.75, 3.05) is 6.54 Å². The summed E-state index contributed by atoms with van der Waals surface area (Å²) >= 11 is 6.14. The smallest absolute Gasteiger partial charge is 0.404 e. The molecule has 1 amide bonds. The molecule has 7 heteroatoms. The number of carbonyl (C=O) groups is 1. The van der Waals surface area contributed by atoms with Crippen LogP contribution < -0.4 is 10.9 Å². The molecule has 22 heavy (non-hydrogen) atoms. The minimum absolute atomic E-state index is 0.0979. The molecular weight excluding hydrogens is 306 g/mol. The predicted molar refractivity (Wildman–Crippen MR) is 83.6 cm³/mol. The normalized spacial score (nSPS) is 14.2. The molecule has 1 saturated carbocycles. The van der Waals surface area contributed by atoms with Gasteiger partial charge in [0.25, 0.3) is 5.56 Å². The van der Waals surface area contributed by atoms with Crippen LogP contribution in [0, 0.1) is 0 Å². The molecule has 0 saturated heterocycles. The third-order valence-electron chi connectivity index (χ3n) is 3.72. The summed E-state index contributed by atoms with van der Waals surface area (Å²) in [5.41, 5.74) is 0.495. The number of rotatable bonds is 5. The zero-order valence-corrected chi connectivity index (χ0v) is 12.6. The number of aromatic nitrogens is 2. The van der Waals surface area contributed by atoms with Gasteiger partial charge in [-0.3, -0.25) is 9.36 Å². The second kappa shape index (κ2) is 5.96. The van der Waals surface area contributed by atoms with Crippen LogP contribution in [0.2, 0.25) is 5.02 Å². The first-order valence-electron chi connectivity index (χ1n) is 7.24. The molecule has 0 bridgehead atoms. The Kier molecular flexibility index (Phi) is 4.02. The maximum Gasteiger partial charge on any atom is 0.404 e. The number of carboxylic acid groups (broad SMARTS) is 1. The predicted octanol–water partition coefficient (Wildman–Crippen LogP) is 2.59. The molecule has 1 aromatic heterocycles. The molecule has 6 nitrogen and oxygen atoms in total. The highest BCUT2D eigenvalue weighted by atomic mass is 35.5. The van der Waals surface area contributed by atoms with E-state index in [1.165, 1.54) is 0 Å². The highest BCUT2D eigenvalue weighted by molar-refractivity contribution is 6.35. The second-order valence-electron chi connectivity index (χ2n) is 5.40. The van der Waals surface area contributed by atoms with E-state index < -0.39 is 6.09 Å². The maximum absolute atomic E-state index is 12.7. The first-order chi connectivity index (χ1) is 10.6. The van der Waals surface area contributed by atoms with E-state index in [-0.39, 0.29) is 11.6 Å². The largest absolute Gasteiger partial charge is 0.465 e. The molecule has 0 atom stereocenters. The quantitative estimate of drug-likeness (QED) is 0.829. The molecule has 2 N–H and O–H groups in total. The lowest BCUT2D eigenvalue weighted by atomic mass is 10.2. The van der Waals surface area contributed by atoms with Gasteiger partial charge in [0.1, 0.15) is 5.82 Å². The number of aryl methyl sites for hydroxylation is 1. The van der Waals surface area contributed by atoms with Crippen molar-refractivity contribution in [2.45, 2.75) is 31.7 Å². The lowest BCUT2D eigenvalue weighted by molar-refractivity contribution is 0.194. The lowest BCUT2D eigenvalue weighted by Gasteiger charge is -2.13. The molecule has 1 aliphatic rings. The fourth-order valence-corrected chi connectivity index (χ4v) is 2.83. The first kappa shape index (κ1) is 14.8. The van der Waals surface area contributed by atoms with Crippen molar-refractivity contribution in [2.24, 2.45) is 0 Å². The number of hydrogen-bond donors (Lipinski definition) is 2. The highest BCUT2D eigenvalue weighted by Crippen LogP contribution is 2.35. The number of nitrogens with one attached hydrogen (secondary N) is 1. The number of fused-ring (bicyclic) bond motifs is 1. The van der Waals surface area contributed by atoms with Crippen molar-refractivity contribution < 1.29 is 9.90 Å². The average molecular weight is 322 g/mol. The Hall–Kier alpha value is -2.08. The van der Waals surface area contributed by atoms with Crippen molar-refractivity contribution in [3.8, 4) is 0 Å². The van der Waals surface area contributed by atoms with E-state index in [1.54, 1.807) is 22.8 Å². The van der Waals surface area contributed by atoms with E-state index in [9.17, 15) is 9.59 Å². The van der Waals surface area contributed by atoms with E-state index in [1.807, 2.05) is 0 Å². The molecular formula is C15H16ClN3O3. The van der Waals surface area contributed by atoms with Crippen LogP contribution in [0.25, 0.3) is 10.9 Å². The highest BCUT2D eigenvalue weighted by Gasteiger charge is 2.28. The number of nitrogens with zero attached hydrogens (tertiary/aromatic N) is 2. The van der Waals surface area contributed by atoms with E-state index in [0.29, 0.717) is 41.1 Å². The summed E-state index contributed by atoms with van der Waals surface area (Å²) in [6.45, 7) is 0.337. The maximum atomic E-state index is 12.7. The van der Waals surface area contributed by atoms with Crippen molar-refractivity contribution in [3.63, 3.8) is 0 Å². The van der Waals surface area contributed by atoms with Crippen LogP contribution in [-0.4, -0.2) is 27.3 Å². The molecule has 116 valence electrons. The van der Waals surface area contributed by atoms with Gasteiger partial charge in [-0.05, 0) is 31.4 Å². The van der Waals surface area contributed by atoms with Gasteiger partial charge in [0.2, 0.25) is 0 Å².